The van der Waals surface area contributed by atoms with Gasteiger partial charge in [0.1, 0.15) is 11.0 Å². The lowest BCUT2D eigenvalue weighted by Crippen LogP contribution is -2.39. The van der Waals surface area contributed by atoms with Crippen LogP contribution in [0.4, 0.5) is 5.69 Å². The number of benzene rings is 1. The van der Waals surface area contributed by atoms with Crippen molar-refractivity contribution in [3.8, 4) is 0 Å². The fraction of sp³-hybridized carbons (Fsp3) is 0.462. The molecule has 0 aliphatic carbocycles. The molecule has 8 heteroatoms. The van der Waals surface area contributed by atoms with Gasteiger partial charge in [-0.3, -0.25) is 4.79 Å². The van der Waals surface area contributed by atoms with Gasteiger partial charge in [-0.15, -0.1) is 0 Å². The molecule has 1 aliphatic heterocycles. The zero-order valence-electron chi connectivity index (χ0n) is 11.2. The summed E-state index contributed by atoms with van der Waals surface area (Å²) in [6.07, 6.45) is 4.13. The van der Waals surface area contributed by atoms with Gasteiger partial charge in [-0.05, 0) is 25.5 Å². The van der Waals surface area contributed by atoms with Crippen LogP contribution < -0.4 is 10.6 Å². The first kappa shape index (κ1) is 15.0. The van der Waals surface area contributed by atoms with Gasteiger partial charge in [-0.2, -0.15) is 8.75 Å². The molecule has 1 aromatic carbocycles. The van der Waals surface area contributed by atoms with E-state index in [2.05, 4.69) is 19.4 Å². The van der Waals surface area contributed by atoms with E-state index >= 15 is 0 Å². The molecule has 2 heterocycles. The maximum atomic E-state index is 12.4. The Bertz CT molecular complexity index is 667. The number of nitrogens with one attached hydrogen (secondary N) is 2. The minimum atomic E-state index is -0.194. The maximum absolute atomic E-state index is 12.4. The molecule has 112 valence electrons. The lowest BCUT2D eigenvalue weighted by molar-refractivity contribution is -0.118. The van der Waals surface area contributed by atoms with Crippen molar-refractivity contribution in [3.05, 3.63) is 16.1 Å². The highest BCUT2D eigenvalue weighted by atomic mass is 35.5. The Labute approximate surface area is 136 Å². The van der Waals surface area contributed by atoms with Gasteiger partial charge in [-0.1, -0.05) is 36.0 Å². The largest absolute Gasteiger partial charge is 0.322 e. The number of aromatic nitrogens is 2. The van der Waals surface area contributed by atoms with Crippen LogP contribution in [0.25, 0.3) is 11.0 Å². The molecule has 0 spiro atoms. The van der Waals surface area contributed by atoms with Crippen molar-refractivity contribution in [2.75, 3.05) is 11.9 Å². The summed E-state index contributed by atoms with van der Waals surface area (Å²) in [6.45, 7) is 0.861. The molecule has 1 saturated heterocycles. The van der Waals surface area contributed by atoms with Gasteiger partial charge in [-0.25, -0.2) is 0 Å². The van der Waals surface area contributed by atoms with Crippen LogP contribution in [0.2, 0.25) is 10.0 Å². The molecule has 1 fully saturated rings. The molecule has 2 aromatic rings. The second-order valence-corrected chi connectivity index (χ2v) is 6.36. The summed E-state index contributed by atoms with van der Waals surface area (Å²) in [4.78, 5) is 12.4. The number of hydrogen-bond donors (Lipinski definition) is 2. The number of halogens is 2. The van der Waals surface area contributed by atoms with E-state index in [0.717, 1.165) is 44.0 Å². The number of anilines is 1. The van der Waals surface area contributed by atoms with Gasteiger partial charge in [0, 0.05) is 0 Å². The van der Waals surface area contributed by atoms with Crippen molar-refractivity contribution >= 4 is 57.6 Å². The average molecular weight is 345 g/mol. The van der Waals surface area contributed by atoms with Crippen LogP contribution >= 0.6 is 34.9 Å². The topological polar surface area (TPSA) is 66.9 Å². The number of amides is 1. The highest BCUT2D eigenvalue weighted by Crippen LogP contribution is 2.35. The van der Waals surface area contributed by atoms with Crippen molar-refractivity contribution in [1.82, 2.24) is 14.1 Å². The molecule has 0 bridgehead atoms. The van der Waals surface area contributed by atoms with E-state index in [1.54, 1.807) is 6.07 Å². The number of nitrogens with zero attached hydrogens (tertiary/aromatic N) is 2. The zero-order valence-corrected chi connectivity index (χ0v) is 13.5. The van der Waals surface area contributed by atoms with Gasteiger partial charge in [0.25, 0.3) is 0 Å². The molecule has 1 aliphatic rings. The molecular formula is C13H14Cl2N4OS. The summed E-state index contributed by atoms with van der Waals surface area (Å²) < 4.78 is 8.31. The van der Waals surface area contributed by atoms with Gasteiger partial charge >= 0.3 is 0 Å². The normalized spacial score (nSPS) is 19.4. The summed E-state index contributed by atoms with van der Waals surface area (Å²) in [5.74, 6) is -0.0876. The van der Waals surface area contributed by atoms with E-state index in [9.17, 15) is 4.79 Å². The predicted octanol–water partition coefficient (Wildman–Crippen LogP) is 3.47. The van der Waals surface area contributed by atoms with Gasteiger partial charge in [0.15, 0.2) is 0 Å². The predicted molar refractivity (Wildman–Crippen MR) is 86.3 cm³/mol. The maximum Gasteiger partial charge on any atom is 0.241 e. The van der Waals surface area contributed by atoms with E-state index in [0.29, 0.717) is 26.8 Å². The zero-order chi connectivity index (χ0) is 14.8. The summed E-state index contributed by atoms with van der Waals surface area (Å²) in [5, 5.41) is 6.95. The Kier molecular flexibility index (Phi) is 4.59. The number of carbonyl (C=O) groups is 1. The second kappa shape index (κ2) is 6.44. The summed E-state index contributed by atoms with van der Waals surface area (Å²) in [7, 11) is 0. The number of rotatable bonds is 2. The summed E-state index contributed by atoms with van der Waals surface area (Å²) in [5.41, 5.74) is 1.59. The molecule has 3 rings (SSSR count). The van der Waals surface area contributed by atoms with Crippen LogP contribution in [-0.4, -0.2) is 27.2 Å². The van der Waals surface area contributed by atoms with Crippen LogP contribution in [-0.2, 0) is 4.79 Å². The standard InChI is InChI=1S/C13H14Cl2N4OS/c14-7-6-8(15)11-12(19-21-18-11)10(7)17-13(20)9-4-2-1-3-5-16-9/h6,9,16H,1-5H2,(H,17,20). The molecule has 1 amide bonds. The molecule has 21 heavy (non-hydrogen) atoms. The Morgan fingerprint density at radius 3 is 2.90 bits per heavy atom. The second-order valence-electron chi connectivity index (χ2n) is 5.02. The molecule has 1 atom stereocenters. The van der Waals surface area contributed by atoms with Crippen LogP contribution in [0.5, 0.6) is 0 Å². The van der Waals surface area contributed by atoms with Crippen molar-refractivity contribution in [2.45, 2.75) is 31.7 Å². The Hall–Kier alpha value is -0.950. The van der Waals surface area contributed by atoms with Crippen molar-refractivity contribution in [3.63, 3.8) is 0 Å². The lowest BCUT2D eigenvalue weighted by Gasteiger charge is -2.16. The minimum absolute atomic E-state index is 0.0876. The number of hydrogen-bond acceptors (Lipinski definition) is 5. The van der Waals surface area contributed by atoms with Gasteiger partial charge < -0.3 is 10.6 Å². The fourth-order valence-electron chi connectivity index (χ4n) is 2.46. The van der Waals surface area contributed by atoms with Crippen LogP contribution in [0, 0.1) is 0 Å². The number of fused-ring (bicyclic) bond motifs is 1. The molecule has 0 saturated carbocycles. The monoisotopic (exact) mass is 344 g/mol. The summed E-state index contributed by atoms with van der Waals surface area (Å²) >= 11 is 13.3. The van der Waals surface area contributed by atoms with Crippen LogP contribution in [0.15, 0.2) is 6.07 Å². The Balaban J connectivity index is 1.87. The fourth-order valence-corrected chi connectivity index (χ4v) is 3.62. The molecule has 1 unspecified atom stereocenters. The van der Waals surface area contributed by atoms with Crippen LogP contribution in [0.1, 0.15) is 25.7 Å². The molecule has 1 aromatic heterocycles. The first-order valence-electron chi connectivity index (χ1n) is 6.81. The molecular weight excluding hydrogens is 331 g/mol. The van der Waals surface area contributed by atoms with Crippen molar-refractivity contribution in [2.24, 2.45) is 0 Å². The third-order valence-electron chi connectivity index (χ3n) is 3.57. The van der Waals surface area contributed by atoms with Gasteiger partial charge in [0.05, 0.1) is 33.5 Å². The van der Waals surface area contributed by atoms with Crippen LogP contribution in [0.3, 0.4) is 0 Å². The third kappa shape index (κ3) is 3.13. The first-order valence-corrected chi connectivity index (χ1v) is 8.30. The van der Waals surface area contributed by atoms with E-state index in [-0.39, 0.29) is 11.9 Å². The smallest absolute Gasteiger partial charge is 0.241 e. The van der Waals surface area contributed by atoms with Crippen molar-refractivity contribution < 1.29 is 4.79 Å². The van der Waals surface area contributed by atoms with E-state index in [1.807, 2.05) is 0 Å². The SMILES string of the molecule is O=C(Nc1c(Cl)cc(Cl)c2nsnc12)C1CCCCCN1. The Morgan fingerprint density at radius 2 is 2.05 bits per heavy atom. The minimum Gasteiger partial charge on any atom is -0.322 e. The highest BCUT2D eigenvalue weighted by molar-refractivity contribution is 7.00. The quantitative estimate of drug-likeness (QED) is 0.875. The van der Waals surface area contributed by atoms with E-state index in [1.165, 1.54) is 0 Å². The number of carbonyl (C=O) groups excluding carboxylic acids is 1. The van der Waals surface area contributed by atoms with Crippen molar-refractivity contribution in [1.29, 1.82) is 0 Å². The first-order chi connectivity index (χ1) is 10.2. The molecule has 0 radical (unpaired) electrons. The molecule has 5 nitrogen and oxygen atoms in total. The van der Waals surface area contributed by atoms with E-state index < -0.39 is 0 Å². The highest BCUT2D eigenvalue weighted by Gasteiger charge is 2.22. The van der Waals surface area contributed by atoms with E-state index in [4.69, 9.17) is 23.2 Å². The summed E-state index contributed by atoms with van der Waals surface area (Å²) in [6, 6.07) is 1.39. The van der Waals surface area contributed by atoms with Gasteiger partial charge in [0.2, 0.25) is 5.91 Å². The third-order valence-corrected chi connectivity index (χ3v) is 4.68. The average Bonchev–Trinajstić information content (AvgIpc) is 2.78. The Morgan fingerprint density at radius 1 is 1.24 bits per heavy atom. The lowest BCUT2D eigenvalue weighted by atomic mass is 10.1. The molecule has 2 N–H and O–H groups in total.